The Balaban J connectivity index is 1.59. The van der Waals surface area contributed by atoms with Gasteiger partial charge in [-0.2, -0.15) is 0 Å². The summed E-state index contributed by atoms with van der Waals surface area (Å²) in [4.78, 5) is 32.9. The van der Waals surface area contributed by atoms with Gasteiger partial charge in [0.25, 0.3) is 5.91 Å². The molecule has 0 bridgehead atoms. The van der Waals surface area contributed by atoms with Gasteiger partial charge in [0.2, 0.25) is 5.91 Å². The minimum atomic E-state index is -0.607. The van der Waals surface area contributed by atoms with Crippen LogP contribution in [0.4, 0.5) is 8.78 Å². The summed E-state index contributed by atoms with van der Waals surface area (Å²) in [5.41, 5.74) is 1.30. The van der Waals surface area contributed by atoms with Crippen LogP contribution in [0, 0.1) is 11.6 Å². The Hall–Kier alpha value is -2.88. The van der Waals surface area contributed by atoms with Gasteiger partial charge in [-0.05, 0) is 61.3 Å². The standard InChI is InChI=1S/C27H34F2N4O3/c1-36-16-15-32(18-20-3-7-22(28)8-4-20)24-17-25(27(35)31-13-2-11-30-12-14-31)33(19-24)26(34)21-5-9-23(29)10-6-21/h3-10,24-25,30H,2,11-19H2,1H3. The first-order valence-corrected chi connectivity index (χ1v) is 12.5. The molecule has 2 aliphatic heterocycles. The maximum absolute atomic E-state index is 13.7. The molecular formula is C27H34F2N4O3. The number of hydrogen-bond donors (Lipinski definition) is 1. The van der Waals surface area contributed by atoms with Crippen LogP contribution < -0.4 is 5.32 Å². The number of methoxy groups -OCH3 is 1. The number of carbonyl (C=O) groups is 2. The highest BCUT2D eigenvalue weighted by atomic mass is 19.1. The maximum atomic E-state index is 13.7. The molecule has 0 saturated carbocycles. The van der Waals surface area contributed by atoms with Crippen LogP contribution in [0.2, 0.25) is 0 Å². The SMILES string of the molecule is COCCN(Cc1ccc(F)cc1)C1CC(C(=O)N2CCCNCC2)N(C(=O)c2ccc(F)cc2)C1. The highest BCUT2D eigenvalue weighted by Gasteiger charge is 2.43. The lowest BCUT2D eigenvalue weighted by molar-refractivity contribution is -0.135. The van der Waals surface area contributed by atoms with Crippen LogP contribution in [-0.4, -0.2) is 91.6 Å². The minimum Gasteiger partial charge on any atom is -0.383 e. The normalized spacial score (nSPS) is 20.6. The van der Waals surface area contributed by atoms with E-state index >= 15 is 0 Å². The summed E-state index contributed by atoms with van der Waals surface area (Å²) in [6.07, 6.45) is 1.35. The van der Waals surface area contributed by atoms with Crippen LogP contribution in [-0.2, 0) is 16.1 Å². The molecule has 0 radical (unpaired) electrons. The highest BCUT2D eigenvalue weighted by molar-refractivity contribution is 5.98. The molecule has 2 saturated heterocycles. The van der Waals surface area contributed by atoms with Crippen LogP contribution >= 0.6 is 0 Å². The topological polar surface area (TPSA) is 65.1 Å². The van der Waals surface area contributed by atoms with Gasteiger partial charge in [0, 0.05) is 58.0 Å². The number of rotatable bonds is 8. The number of likely N-dealkylation sites (tertiary alicyclic amines) is 1. The fourth-order valence-corrected chi connectivity index (χ4v) is 5.00. The van der Waals surface area contributed by atoms with Crippen LogP contribution in [0.25, 0.3) is 0 Å². The van der Waals surface area contributed by atoms with Gasteiger partial charge in [-0.1, -0.05) is 12.1 Å². The fourth-order valence-electron chi connectivity index (χ4n) is 5.00. The van der Waals surface area contributed by atoms with E-state index in [4.69, 9.17) is 4.74 Å². The van der Waals surface area contributed by atoms with E-state index in [0.29, 0.717) is 51.3 Å². The zero-order valence-corrected chi connectivity index (χ0v) is 20.7. The first-order valence-electron chi connectivity index (χ1n) is 12.5. The van der Waals surface area contributed by atoms with Gasteiger partial charge in [-0.3, -0.25) is 14.5 Å². The molecule has 2 amide bonds. The van der Waals surface area contributed by atoms with Crippen LogP contribution in [0.3, 0.4) is 0 Å². The molecule has 0 aliphatic carbocycles. The van der Waals surface area contributed by atoms with Gasteiger partial charge in [0.05, 0.1) is 6.61 Å². The first-order chi connectivity index (χ1) is 17.5. The van der Waals surface area contributed by atoms with Gasteiger partial charge >= 0.3 is 0 Å². The maximum Gasteiger partial charge on any atom is 0.254 e. The summed E-state index contributed by atoms with van der Waals surface area (Å²) in [7, 11) is 1.63. The van der Waals surface area contributed by atoms with Crippen LogP contribution in [0.15, 0.2) is 48.5 Å². The minimum absolute atomic E-state index is 0.0508. The van der Waals surface area contributed by atoms with Crippen molar-refractivity contribution < 1.29 is 23.1 Å². The van der Waals surface area contributed by atoms with Crippen molar-refractivity contribution in [3.8, 4) is 0 Å². The number of hydrogen-bond acceptors (Lipinski definition) is 5. The monoisotopic (exact) mass is 500 g/mol. The van der Waals surface area contributed by atoms with Gasteiger partial charge in [0.1, 0.15) is 17.7 Å². The van der Waals surface area contributed by atoms with Crippen molar-refractivity contribution in [2.45, 2.75) is 31.5 Å². The number of amides is 2. The van der Waals surface area contributed by atoms with E-state index in [1.54, 1.807) is 24.1 Å². The molecule has 2 aromatic rings. The summed E-state index contributed by atoms with van der Waals surface area (Å²) < 4.78 is 32.3. The van der Waals surface area contributed by atoms with Crippen molar-refractivity contribution in [2.75, 3.05) is 53.0 Å². The third kappa shape index (κ3) is 6.46. The second kappa shape index (κ2) is 12.4. The second-order valence-electron chi connectivity index (χ2n) is 9.39. The van der Waals surface area contributed by atoms with Crippen molar-refractivity contribution in [1.29, 1.82) is 0 Å². The van der Waals surface area contributed by atoms with Gasteiger partial charge in [-0.25, -0.2) is 8.78 Å². The third-order valence-electron chi connectivity index (χ3n) is 6.97. The Morgan fingerprint density at radius 2 is 1.72 bits per heavy atom. The molecule has 36 heavy (non-hydrogen) atoms. The second-order valence-corrected chi connectivity index (χ2v) is 9.39. The molecule has 2 unspecified atom stereocenters. The average molecular weight is 501 g/mol. The number of halogens is 2. The van der Waals surface area contributed by atoms with E-state index in [0.717, 1.165) is 25.1 Å². The van der Waals surface area contributed by atoms with Crippen molar-refractivity contribution in [3.63, 3.8) is 0 Å². The molecule has 0 spiro atoms. The largest absolute Gasteiger partial charge is 0.383 e. The molecule has 2 aliphatic rings. The van der Waals surface area contributed by atoms with Crippen LogP contribution in [0.5, 0.6) is 0 Å². The molecule has 2 atom stereocenters. The van der Waals surface area contributed by atoms with E-state index in [2.05, 4.69) is 10.2 Å². The zero-order valence-electron chi connectivity index (χ0n) is 20.7. The summed E-state index contributed by atoms with van der Waals surface area (Å²) in [5, 5.41) is 3.31. The number of nitrogens with zero attached hydrogens (tertiary/aromatic N) is 3. The van der Waals surface area contributed by atoms with E-state index in [1.807, 2.05) is 4.90 Å². The Morgan fingerprint density at radius 1 is 1.03 bits per heavy atom. The molecule has 1 N–H and O–H groups in total. The Kier molecular flexibility index (Phi) is 9.01. The average Bonchev–Trinajstić information content (AvgIpc) is 3.14. The molecule has 2 aromatic carbocycles. The summed E-state index contributed by atoms with van der Waals surface area (Å²) in [6, 6.07) is 11.1. The third-order valence-corrected chi connectivity index (χ3v) is 6.97. The first kappa shape index (κ1) is 26.2. The molecular weight excluding hydrogens is 466 g/mol. The van der Waals surface area contributed by atoms with Gasteiger partial charge < -0.3 is 19.9 Å². The number of nitrogens with one attached hydrogen (secondary N) is 1. The lowest BCUT2D eigenvalue weighted by Gasteiger charge is -2.29. The molecule has 2 fully saturated rings. The van der Waals surface area contributed by atoms with Gasteiger partial charge in [0.15, 0.2) is 0 Å². The smallest absolute Gasteiger partial charge is 0.254 e. The van der Waals surface area contributed by atoms with Crippen molar-refractivity contribution in [3.05, 3.63) is 71.3 Å². The lowest BCUT2D eigenvalue weighted by atomic mass is 10.1. The Morgan fingerprint density at radius 3 is 2.42 bits per heavy atom. The lowest BCUT2D eigenvalue weighted by Crippen LogP contribution is -2.48. The molecule has 0 aromatic heterocycles. The van der Waals surface area contributed by atoms with Crippen molar-refractivity contribution >= 4 is 11.8 Å². The Labute approximate surface area is 211 Å². The number of benzene rings is 2. The molecule has 7 nitrogen and oxygen atoms in total. The molecule has 9 heteroatoms. The van der Waals surface area contributed by atoms with E-state index in [9.17, 15) is 18.4 Å². The van der Waals surface area contributed by atoms with Crippen molar-refractivity contribution in [1.82, 2.24) is 20.0 Å². The quantitative estimate of drug-likeness (QED) is 0.604. The Bertz CT molecular complexity index is 1010. The number of carbonyl (C=O) groups excluding carboxylic acids is 2. The fraction of sp³-hybridized carbons (Fsp3) is 0.481. The van der Waals surface area contributed by atoms with Crippen LogP contribution in [0.1, 0.15) is 28.8 Å². The zero-order chi connectivity index (χ0) is 25.5. The van der Waals surface area contributed by atoms with E-state index in [1.165, 1.54) is 36.4 Å². The predicted octanol–water partition coefficient (Wildman–Crippen LogP) is 2.52. The summed E-state index contributed by atoms with van der Waals surface area (Å²) in [6.45, 7) is 4.82. The predicted molar refractivity (Wildman–Crippen MR) is 132 cm³/mol. The molecule has 2 heterocycles. The van der Waals surface area contributed by atoms with E-state index in [-0.39, 0.29) is 23.7 Å². The summed E-state index contributed by atoms with van der Waals surface area (Å²) in [5.74, 6) is -1.04. The number of ether oxygens (including phenoxy) is 1. The highest BCUT2D eigenvalue weighted by Crippen LogP contribution is 2.27. The summed E-state index contributed by atoms with van der Waals surface area (Å²) >= 11 is 0. The molecule has 194 valence electrons. The molecule has 4 rings (SSSR count). The van der Waals surface area contributed by atoms with Crippen molar-refractivity contribution in [2.24, 2.45) is 0 Å². The van der Waals surface area contributed by atoms with Gasteiger partial charge in [-0.15, -0.1) is 0 Å². The van der Waals surface area contributed by atoms with E-state index < -0.39 is 11.9 Å².